The Balaban J connectivity index is 1.28. The van der Waals surface area contributed by atoms with Crippen molar-refractivity contribution in [2.75, 3.05) is 13.2 Å². The van der Waals surface area contributed by atoms with Gasteiger partial charge in [-0.1, -0.05) is 66.7 Å². The fourth-order valence-corrected chi connectivity index (χ4v) is 4.82. The van der Waals surface area contributed by atoms with E-state index in [1.165, 1.54) is 0 Å². The average Bonchev–Trinajstić information content (AvgIpc) is 3.33. The highest BCUT2D eigenvalue weighted by atomic mass is 16.5. The van der Waals surface area contributed by atoms with E-state index in [-0.39, 0.29) is 19.1 Å². The lowest BCUT2D eigenvalue weighted by Gasteiger charge is -2.16. The highest BCUT2D eigenvalue weighted by Crippen LogP contribution is 2.44. The molecular weight excluding hydrogens is 416 g/mol. The van der Waals surface area contributed by atoms with E-state index in [1.807, 2.05) is 66.3 Å². The van der Waals surface area contributed by atoms with Crippen molar-refractivity contribution in [2.24, 2.45) is 7.05 Å². The monoisotopic (exact) mass is 440 g/mol. The number of alkyl carbamates (subject to hydrolysis) is 1. The van der Waals surface area contributed by atoms with Gasteiger partial charge in [0, 0.05) is 36.6 Å². The first-order valence-electron chi connectivity index (χ1n) is 10.9. The molecule has 6 nitrogen and oxygen atoms in total. The second kappa shape index (κ2) is 8.47. The first kappa shape index (κ1) is 20.8. The number of aliphatic carboxylic acids is 1. The predicted octanol–water partition coefficient (Wildman–Crippen LogP) is 4.89. The summed E-state index contributed by atoms with van der Waals surface area (Å²) < 4.78 is 7.45. The van der Waals surface area contributed by atoms with Crippen molar-refractivity contribution < 1.29 is 19.4 Å². The number of benzene rings is 3. The van der Waals surface area contributed by atoms with Gasteiger partial charge in [-0.3, -0.25) is 4.79 Å². The number of carbonyl (C=O) groups is 2. The topological polar surface area (TPSA) is 80.6 Å². The minimum atomic E-state index is -0.995. The average molecular weight is 440 g/mol. The van der Waals surface area contributed by atoms with Crippen molar-refractivity contribution >= 4 is 23.0 Å². The molecule has 1 aliphatic rings. The zero-order valence-corrected chi connectivity index (χ0v) is 18.2. The molecule has 1 amide bonds. The van der Waals surface area contributed by atoms with Crippen molar-refractivity contribution in [1.82, 2.24) is 9.88 Å². The van der Waals surface area contributed by atoms with Gasteiger partial charge in [0.1, 0.15) is 12.5 Å². The SMILES string of the molecule is Cn1cc([C@@H](CNC(=O)OCC2c3ccccc3-c3ccccc32)C(=O)O)c2ccccc21. The number of hydrogen-bond donors (Lipinski definition) is 2. The number of carboxylic acid groups (broad SMARTS) is 1. The molecule has 0 saturated heterocycles. The summed E-state index contributed by atoms with van der Waals surface area (Å²) in [6.45, 7) is 0.131. The van der Waals surface area contributed by atoms with E-state index in [0.29, 0.717) is 5.56 Å². The standard InChI is InChI=1S/C27H24N2O4/c1-29-15-23(21-12-6-7-13-25(21)29)22(26(30)31)14-28-27(32)33-16-24-19-10-4-2-8-17(19)18-9-3-5-11-20(18)24/h2-13,15,22,24H,14,16H2,1H3,(H,28,32)(H,30,31)/t22-/m1/s1. The molecule has 1 aliphatic carbocycles. The van der Waals surface area contributed by atoms with Gasteiger partial charge in [0.15, 0.2) is 0 Å². The summed E-state index contributed by atoms with van der Waals surface area (Å²) in [5, 5.41) is 13.3. The second-order valence-electron chi connectivity index (χ2n) is 8.31. The molecule has 0 fully saturated rings. The summed E-state index contributed by atoms with van der Waals surface area (Å²) in [5.74, 6) is -1.92. The molecule has 1 heterocycles. The van der Waals surface area contributed by atoms with Gasteiger partial charge in [0.05, 0.1) is 0 Å². The van der Waals surface area contributed by atoms with Crippen LogP contribution in [0.15, 0.2) is 79.0 Å². The van der Waals surface area contributed by atoms with Crippen LogP contribution in [0.5, 0.6) is 0 Å². The molecule has 0 radical (unpaired) electrons. The van der Waals surface area contributed by atoms with Crippen LogP contribution in [0, 0.1) is 0 Å². The van der Waals surface area contributed by atoms with E-state index in [1.54, 1.807) is 0 Å². The summed E-state index contributed by atoms with van der Waals surface area (Å²) in [6, 6.07) is 23.9. The van der Waals surface area contributed by atoms with Crippen LogP contribution in [-0.2, 0) is 16.6 Å². The molecule has 1 aromatic heterocycles. The number of ether oxygens (including phenoxy) is 1. The lowest BCUT2D eigenvalue weighted by atomic mass is 9.98. The Hall–Kier alpha value is -4.06. The van der Waals surface area contributed by atoms with Gasteiger partial charge in [-0.25, -0.2) is 4.79 Å². The van der Waals surface area contributed by atoms with Gasteiger partial charge >= 0.3 is 12.1 Å². The minimum absolute atomic E-state index is 0.0449. The number of carboxylic acids is 1. The van der Waals surface area contributed by atoms with Crippen molar-refractivity contribution in [3.63, 3.8) is 0 Å². The summed E-state index contributed by atoms with van der Waals surface area (Å²) in [5.41, 5.74) is 6.18. The van der Waals surface area contributed by atoms with Gasteiger partial charge in [0.2, 0.25) is 0 Å². The predicted molar refractivity (Wildman–Crippen MR) is 126 cm³/mol. The molecule has 166 valence electrons. The lowest BCUT2D eigenvalue weighted by molar-refractivity contribution is -0.138. The number of nitrogens with zero attached hydrogens (tertiary/aromatic N) is 1. The molecule has 3 aromatic carbocycles. The van der Waals surface area contributed by atoms with E-state index in [0.717, 1.165) is 33.2 Å². The molecule has 6 heteroatoms. The largest absolute Gasteiger partial charge is 0.481 e. The van der Waals surface area contributed by atoms with E-state index >= 15 is 0 Å². The number of fused-ring (bicyclic) bond motifs is 4. The summed E-state index contributed by atoms with van der Waals surface area (Å²) in [7, 11) is 1.88. The zero-order valence-electron chi connectivity index (χ0n) is 18.2. The van der Waals surface area contributed by atoms with Crippen LogP contribution in [0.1, 0.15) is 28.5 Å². The van der Waals surface area contributed by atoms with E-state index < -0.39 is 18.0 Å². The first-order valence-corrected chi connectivity index (χ1v) is 10.9. The van der Waals surface area contributed by atoms with E-state index in [9.17, 15) is 14.7 Å². The molecule has 0 saturated carbocycles. The number of nitrogens with one attached hydrogen (secondary N) is 1. The molecule has 2 N–H and O–H groups in total. The third-order valence-corrected chi connectivity index (χ3v) is 6.40. The number of amides is 1. The first-order chi connectivity index (χ1) is 16.0. The van der Waals surface area contributed by atoms with E-state index in [2.05, 4.69) is 29.6 Å². The summed E-state index contributed by atoms with van der Waals surface area (Å²) in [4.78, 5) is 24.5. The third-order valence-electron chi connectivity index (χ3n) is 6.40. The Labute approximate surface area is 191 Å². The Morgan fingerprint density at radius 3 is 2.24 bits per heavy atom. The molecule has 0 spiro atoms. The number of carbonyl (C=O) groups excluding carboxylic acids is 1. The molecule has 0 unspecified atom stereocenters. The fourth-order valence-electron chi connectivity index (χ4n) is 4.82. The quantitative estimate of drug-likeness (QED) is 0.448. The fraction of sp³-hybridized carbons (Fsp3) is 0.185. The Morgan fingerprint density at radius 1 is 0.970 bits per heavy atom. The van der Waals surface area contributed by atoms with Crippen LogP contribution in [0.3, 0.4) is 0 Å². The molecule has 0 bridgehead atoms. The number of aryl methyl sites for hydroxylation is 1. The second-order valence-corrected chi connectivity index (χ2v) is 8.31. The maximum absolute atomic E-state index is 12.5. The Kier molecular flexibility index (Phi) is 5.34. The maximum Gasteiger partial charge on any atom is 0.407 e. The number of para-hydroxylation sites is 1. The highest BCUT2D eigenvalue weighted by molar-refractivity contribution is 5.90. The summed E-state index contributed by atoms with van der Waals surface area (Å²) in [6.07, 6.45) is 1.19. The molecule has 4 aromatic rings. The zero-order chi connectivity index (χ0) is 22.9. The lowest BCUT2D eigenvalue weighted by Crippen LogP contribution is -2.32. The molecule has 1 atom stereocenters. The van der Waals surface area contributed by atoms with Crippen molar-refractivity contribution in [1.29, 1.82) is 0 Å². The Morgan fingerprint density at radius 2 is 1.58 bits per heavy atom. The number of rotatable bonds is 6. The van der Waals surface area contributed by atoms with Crippen LogP contribution in [-0.4, -0.2) is 34.9 Å². The minimum Gasteiger partial charge on any atom is -0.481 e. The smallest absolute Gasteiger partial charge is 0.407 e. The van der Waals surface area contributed by atoms with Crippen molar-refractivity contribution in [3.8, 4) is 11.1 Å². The third kappa shape index (κ3) is 3.74. The maximum atomic E-state index is 12.5. The van der Waals surface area contributed by atoms with Gasteiger partial charge < -0.3 is 19.7 Å². The van der Waals surface area contributed by atoms with Crippen LogP contribution in [0.2, 0.25) is 0 Å². The van der Waals surface area contributed by atoms with Gasteiger partial charge in [-0.15, -0.1) is 0 Å². The Bertz CT molecular complexity index is 1310. The molecular formula is C27H24N2O4. The van der Waals surface area contributed by atoms with E-state index in [4.69, 9.17) is 4.74 Å². The molecule has 0 aliphatic heterocycles. The number of hydrogen-bond acceptors (Lipinski definition) is 3. The van der Waals surface area contributed by atoms with Crippen LogP contribution < -0.4 is 5.32 Å². The van der Waals surface area contributed by atoms with Gasteiger partial charge in [-0.2, -0.15) is 0 Å². The highest BCUT2D eigenvalue weighted by Gasteiger charge is 2.29. The molecule has 5 rings (SSSR count). The van der Waals surface area contributed by atoms with Crippen molar-refractivity contribution in [2.45, 2.75) is 11.8 Å². The number of aromatic nitrogens is 1. The van der Waals surface area contributed by atoms with Gasteiger partial charge in [-0.05, 0) is 33.9 Å². The normalized spacial score (nSPS) is 13.4. The van der Waals surface area contributed by atoms with Gasteiger partial charge in [0.25, 0.3) is 0 Å². The van der Waals surface area contributed by atoms with Crippen LogP contribution >= 0.6 is 0 Å². The van der Waals surface area contributed by atoms with Crippen molar-refractivity contribution in [3.05, 3.63) is 95.7 Å². The van der Waals surface area contributed by atoms with Crippen LogP contribution in [0.4, 0.5) is 4.79 Å². The molecule has 33 heavy (non-hydrogen) atoms. The van der Waals surface area contributed by atoms with Crippen LogP contribution in [0.25, 0.3) is 22.0 Å². The summed E-state index contributed by atoms with van der Waals surface area (Å²) >= 11 is 0.